The lowest BCUT2D eigenvalue weighted by Crippen LogP contribution is -2.23. The zero-order valence-electron chi connectivity index (χ0n) is 12.6. The lowest BCUT2D eigenvalue weighted by Gasteiger charge is -2.21. The van der Waals surface area contributed by atoms with Crippen LogP contribution in [-0.4, -0.2) is 15.7 Å². The van der Waals surface area contributed by atoms with Gasteiger partial charge in [-0.3, -0.25) is 4.98 Å². The smallest absolute Gasteiger partial charge is 0.0647 e. The first-order valence-electron chi connectivity index (χ1n) is 7.81. The molecule has 0 amide bonds. The molecule has 1 fully saturated rings. The summed E-state index contributed by atoms with van der Waals surface area (Å²) in [4.78, 5) is 3.93. The fourth-order valence-corrected chi connectivity index (χ4v) is 2.63. The van der Waals surface area contributed by atoms with Crippen molar-refractivity contribution in [3.8, 4) is 0 Å². The number of aryl methyl sites for hydroxylation is 1. The molecule has 1 aliphatic carbocycles. The van der Waals surface area contributed by atoms with Gasteiger partial charge in [0.05, 0.1) is 5.60 Å². The SMILES string of the molecule is CCCCC1(O)CCCC1.CCCc1ccncc1. The average molecular weight is 263 g/mol. The molecular formula is C17H29NO. The molecule has 1 N–H and O–H groups in total. The van der Waals surface area contributed by atoms with Gasteiger partial charge in [-0.2, -0.15) is 0 Å². The molecule has 1 heterocycles. The van der Waals surface area contributed by atoms with Crippen molar-refractivity contribution in [2.24, 2.45) is 0 Å². The quantitative estimate of drug-likeness (QED) is 0.847. The third kappa shape index (κ3) is 6.72. The van der Waals surface area contributed by atoms with Crippen molar-refractivity contribution in [1.82, 2.24) is 4.98 Å². The second kappa shape index (κ2) is 9.08. The van der Waals surface area contributed by atoms with Crippen LogP contribution < -0.4 is 0 Å². The monoisotopic (exact) mass is 263 g/mol. The van der Waals surface area contributed by atoms with Crippen LogP contribution in [0, 0.1) is 0 Å². The zero-order chi connectivity index (χ0) is 14.0. The Balaban J connectivity index is 0.000000191. The Hall–Kier alpha value is -0.890. The van der Waals surface area contributed by atoms with Crippen molar-refractivity contribution >= 4 is 0 Å². The third-order valence-corrected chi connectivity index (χ3v) is 3.82. The summed E-state index contributed by atoms with van der Waals surface area (Å²) in [5.74, 6) is 0. The van der Waals surface area contributed by atoms with Crippen molar-refractivity contribution in [3.05, 3.63) is 30.1 Å². The van der Waals surface area contributed by atoms with Gasteiger partial charge in [0.15, 0.2) is 0 Å². The van der Waals surface area contributed by atoms with E-state index in [-0.39, 0.29) is 5.60 Å². The van der Waals surface area contributed by atoms with Gasteiger partial charge in [0.2, 0.25) is 0 Å². The van der Waals surface area contributed by atoms with E-state index in [0.717, 1.165) is 19.3 Å². The standard InChI is InChI=1S/C9H18O.C8H11N/c1-2-3-6-9(10)7-4-5-8-9;1-2-3-8-4-6-9-7-5-8/h10H,2-8H2,1H3;4-7H,2-3H2,1H3. The van der Waals surface area contributed by atoms with E-state index in [9.17, 15) is 5.11 Å². The van der Waals surface area contributed by atoms with Gasteiger partial charge < -0.3 is 5.11 Å². The largest absolute Gasteiger partial charge is 0.390 e. The Labute approximate surface area is 118 Å². The van der Waals surface area contributed by atoms with Crippen LogP contribution >= 0.6 is 0 Å². The van der Waals surface area contributed by atoms with E-state index < -0.39 is 0 Å². The summed E-state index contributed by atoms with van der Waals surface area (Å²) in [6.45, 7) is 4.36. The van der Waals surface area contributed by atoms with Crippen molar-refractivity contribution in [3.63, 3.8) is 0 Å². The van der Waals surface area contributed by atoms with Crippen molar-refractivity contribution in [2.75, 3.05) is 0 Å². The summed E-state index contributed by atoms with van der Waals surface area (Å²) in [6.07, 6.45) is 14.1. The predicted molar refractivity (Wildman–Crippen MR) is 81.2 cm³/mol. The molecule has 0 aliphatic heterocycles. The van der Waals surface area contributed by atoms with Gasteiger partial charge in [0.1, 0.15) is 0 Å². The van der Waals surface area contributed by atoms with E-state index in [1.807, 2.05) is 12.4 Å². The van der Waals surface area contributed by atoms with E-state index in [1.165, 1.54) is 44.1 Å². The van der Waals surface area contributed by atoms with E-state index in [1.54, 1.807) is 0 Å². The summed E-state index contributed by atoms with van der Waals surface area (Å²) in [5, 5.41) is 9.82. The molecule has 19 heavy (non-hydrogen) atoms. The Morgan fingerprint density at radius 2 is 1.74 bits per heavy atom. The first kappa shape index (κ1) is 16.2. The summed E-state index contributed by atoms with van der Waals surface area (Å²) >= 11 is 0. The Morgan fingerprint density at radius 3 is 2.26 bits per heavy atom. The minimum Gasteiger partial charge on any atom is -0.390 e. The number of hydrogen-bond donors (Lipinski definition) is 1. The molecule has 1 aromatic heterocycles. The van der Waals surface area contributed by atoms with Crippen LogP contribution in [0.5, 0.6) is 0 Å². The third-order valence-electron chi connectivity index (χ3n) is 3.82. The molecule has 108 valence electrons. The number of nitrogens with zero attached hydrogens (tertiary/aromatic N) is 1. The number of rotatable bonds is 5. The van der Waals surface area contributed by atoms with Gasteiger partial charge in [0.25, 0.3) is 0 Å². The lowest BCUT2D eigenvalue weighted by molar-refractivity contribution is 0.0366. The minimum atomic E-state index is -0.254. The minimum absolute atomic E-state index is 0.254. The highest BCUT2D eigenvalue weighted by Crippen LogP contribution is 2.33. The van der Waals surface area contributed by atoms with Crippen molar-refractivity contribution < 1.29 is 5.11 Å². The predicted octanol–water partition coefficient (Wildman–Crippen LogP) is 4.52. The number of hydrogen-bond acceptors (Lipinski definition) is 2. The summed E-state index contributed by atoms with van der Waals surface area (Å²) in [7, 11) is 0. The van der Waals surface area contributed by atoms with Gasteiger partial charge in [-0.15, -0.1) is 0 Å². The highest BCUT2D eigenvalue weighted by molar-refractivity contribution is 5.09. The molecule has 0 atom stereocenters. The van der Waals surface area contributed by atoms with Crippen LogP contribution in [0.15, 0.2) is 24.5 Å². The molecule has 0 bridgehead atoms. The number of unbranched alkanes of at least 4 members (excludes halogenated alkanes) is 1. The summed E-state index contributed by atoms with van der Waals surface area (Å²) < 4.78 is 0. The fourth-order valence-electron chi connectivity index (χ4n) is 2.63. The zero-order valence-corrected chi connectivity index (χ0v) is 12.6. The molecule has 2 heteroatoms. The van der Waals surface area contributed by atoms with Crippen LogP contribution in [-0.2, 0) is 6.42 Å². The Bertz CT molecular complexity index is 317. The Morgan fingerprint density at radius 1 is 1.11 bits per heavy atom. The lowest BCUT2D eigenvalue weighted by atomic mass is 9.95. The molecule has 1 saturated carbocycles. The second-order valence-corrected chi connectivity index (χ2v) is 5.64. The fraction of sp³-hybridized carbons (Fsp3) is 0.706. The molecule has 0 unspecified atom stereocenters. The molecule has 2 rings (SSSR count). The topological polar surface area (TPSA) is 33.1 Å². The maximum atomic E-state index is 9.82. The molecule has 1 aromatic rings. The highest BCUT2D eigenvalue weighted by Gasteiger charge is 2.29. The molecule has 0 aromatic carbocycles. The summed E-state index contributed by atoms with van der Waals surface area (Å²) in [5.41, 5.74) is 1.13. The first-order valence-corrected chi connectivity index (χ1v) is 7.81. The van der Waals surface area contributed by atoms with Crippen LogP contribution in [0.25, 0.3) is 0 Å². The van der Waals surface area contributed by atoms with Crippen molar-refractivity contribution in [1.29, 1.82) is 0 Å². The number of aromatic nitrogens is 1. The molecule has 0 spiro atoms. The first-order chi connectivity index (χ1) is 9.20. The van der Waals surface area contributed by atoms with Gasteiger partial charge in [-0.05, 0) is 43.4 Å². The van der Waals surface area contributed by atoms with Crippen molar-refractivity contribution in [2.45, 2.75) is 77.2 Å². The van der Waals surface area contributed by atoms with Crippen LogP contribution in [0.2, 0.25) is 0 Å². The molecule has 2 nitrogen and oxygen atoms in total. The van der Waals surface area contributed by atoms with Gasteiger partial charge in [0, 0.05) is 12.4 Å². The number of aliphatic hydroxyl groups is 1. The van der Waals surface area contributed by atoms with E-state index in [2.05, 4.69) is 31.0 Å². The average Bonchev–Trinajstić information content (AvgIpc) is 2.86. The highest BCUT2D eigenvalue weighted by atomic mass is 16.3. The number of pyridine rings is 1. The maximum Gasteiger partial charge on any atom is 0.0647 e. The van der Waals surface area contributed by atoms with Gasteiger partial charge in [-0.1, -0.05) is 46.0 Å². The van der Waals surface area contributed by atoms with Crippen LogP contribution in [0.3, 0.4) is 0 Å². The van der Waals surface area contributed by atoms with E-state index in [4.69, 9.17) is 0 Å². The molecule has 1 aliphatic rings. The summed E-state index contributed by atoms with van der Waals surface area (Å²) in [6, 6.07) is 4.12. The van der Waals surface area contributed by atoms with Gasteiger partial charge in [-0.25, -0.2) is 0 Å². The van der Waals surface area contributed by atoms with Gasteiger partial charge >= 0.3 is 0 Å². The normalized spacial score (nSPS) is 16.8. The molecule has 0 radical (unpaired) electrons. The molecular weight excluding hydrogens is 234 g/mol. The second-order valence-electron chi connectivity index (χ2n) is 5.64. The van der Waals surface area contributed by atoms with E-state index in [0.29, 0.717) is 0 Å². The van der Waals surface area contributed by atoms with Crippen LogP contribution in [0.4, 0.5) is 0 Å². The van der Waals surface area contributed by atoms with E-state index >= 15 is 0 Å². The van der Waals surface area contributed by atoms with Crippen LogP contribution in [0.1, 0.15) is 70.8 Å². The Kier molecular flexibility index (Phi) is 7.73. The maximum absolute atomic E-state index is 9.82. The molecule has 0 saturated heterocycles.